The molecule has 1 N–H and O–H groups in total. The number of hydrogen-bond donors (Lipinski definition) is 1. The number of benzene rings is 1. The molecule has 1 aromatic carbocycles. The molecule has 1 unspecified atom stereocenters. The van der Waals surface area contributed by atoms with Crippen LogP contribution in [0, 0.1) is 0 Å². The molecule has 2 saturated heterocycles. The molecule has 2 heterocycles. The Kier molecular flexibility index (Phi) is 6.10. The minimum Gasteiger partial charge on any atom is -0.373 e. The number of piperidine rings is 1. The van der Waals surface area contributed by atoms with Gasteiger partial charge in [0.25, 0.3) is 0 Å². The summed E-state index contributed by atoms with van der Waals surface area (Å²) >= 11 is 13.7. The highest BCUT2D eigenvalue weighted by molar-refractivity contribution is 7.99. The zero-order valence-electron chi connectivity index (χ0n) is 12.8. The van der Waals surface area contributed by atoms with Crippen molar-refractivity contribution in [3.63, 3.8) is 0 Å². The minimum absolute atomic E-state index is 0.00585. The number of nitrogens with zero attached hydrogens (tertiary/aromatic N) is 1. The van der Waals surface area contributed by atoms with E-state index in [0.717, 1.165) is 43.1 Å². The summed E-state index contributed by atoms with van der Waals surface area (Å²) in [6.07, 6.45) is 1.96. The van der Waals surface area contributed by atoms with Crippen molar-refractivity contribution < 1.29 is 9.53 Å². The van der Waals surface area contributed by atoms with Gasteiger partial charge in [0.15, 0.2) is 0 Å². The lowest BCUT2D eigenvalue weighted by atomic mass is 10.1. The van der Waals surface area contributed by atoms with E-state index in [2.05, 4.69) is 5.32 Å². The smallest absolute Gasteiger partial charge is 0.240 e. The molecule has 4 nitrogen and oxygen atoms in total. The van der Waals surface area contributed by atoms with Gasteiger partial charge in [0.2, 0.25) is 5.91 Å². The summed E-state index contributed by atoms with van der Waals surface area (Å²) in [6.45, 7) is 2.07. The zero-order valence-corrected chi connectivity index (χ0v) is 15.1. The molecule has 1 amide bonds. The second kappa shape index (κ2) is 8.08. The Balaban J connectivity index is 1.43. The van der Waals surface area contributed by atoms with Crippen LogP contribution in [0.15, 0.2) is 18.2 Å². The van der Waals surface area contributed by atoms with Gasteiger partial charge in [-0.25, -0.2) is 0 Å². The lowest BCUT2D eigenvalue weighted by Gasteiger charge is -2.33. The number of carbonyl (C=O) groups is 1. The van der Waals surface area contributed by atoms with Gasteiger partial charge in [0.1, 0.15) is 0 Å². The third-order valence-electron chi connectivity index (χ3n) is 4.24. The SMILES string of the molecule is O=C(C1CSCN1)N1CCC(OCc2ccc(Cl)c(Cl)c2)CC1. The van der Waals surface area contributed by atoms with Crippen molar-refractivity contribution in [1.29, 1.82) is 0 Å². The number of nitrogens with one attached hydrogen (secondary N) is 1. The molecular formula is C16H20Cl2N2O2S. The predicted octanol–water partition coefficient (Wildman–Crippen LogP) is 3.16. The van der Waals surface area contributed by atoms with Crippen LogP contribution in [0.2, 0.25) is 10.0 Å². The summed E-state index contributed by atoms with van der Waals surface area (Å²) in [7, 11) is 0. The highest BCUT2D eigenvalue weighted by Gasteiger charge is 2.30. The van der Waals surface area contributed by atoms with Crippen LogP contribution in [0.4, 0.5) is 0 Å². The summed E-state index contributed by atoms with van der Waals surface area (Å²) in [5.41, 5.74) is 1.02. The summed E-state index contributed by atoms with van der Waals surface area (Å²) in [4.78, 5) is 14.3. The standard InChI is InChI=1S/C16H20Cl2N2O2S/c17-13-2-1-11(7-14(13)18)8-22-12-3-5-20(6-4-12)16(21)15-9-23-10-19-15/h1-2,7,12,15,19H,3-6,8-10H2. The van der Waals surface area contributed by atoms with Gasteiger partial charge in [-0.05, 0) is 30.5 Å². The fraction of sp³-hybridized carbons (Fsp3) is 0.562. The lowest BCUT2D eigenvalue weighted by Crippen LogP contribution is -2.49. The van der Waals surface area contributed by atoms with E-state index in [1.807, 2.05) is 17.0 Å². The summed E-state index contributed by atoms with van der Waals surface area (Å²) in [6, 6.07) is 5.55. The number of rotatable bonds is 4. The van der Waals surface area contributed by atoms with Gasteiger partial charge < -0.3 is 9.64 Å². The molecule has 1 aromatic rings. The molecule has 0 aliphatic carbocycles. The van der Waals surface area contributed by atoms with Crippen molar-refractivity contribution in [1.82, 2.24) is 10.2 Å². The first-order valence-electron chi connectivity index (χ1n) is 7.79. The van der Waals surface area contributed by atoms with E-state index >= 15 is 0 Å². The van der Waals surface area contributed by atoms with Crippen LogP contribution in [0.5, 0.6) is 0 Å². The quantitative estimate of drug-likeness (QED) is 0.878. The maximum atomic E-state index is 12.3. The van der Waals surface area contributed by atoms with Crippen molar-refractivity contribution in [3.05, 3.63) is 33.8 Å². The van der Waals surface area contributed by atoms with Crippen molar-refractivity contribution in [2.45, 2.75) is 31.6 Å². The maximum Gasteiger partial charge on any atom is 0.240 e. The van der Waals surface area contributed by atoms with E-state index in [1.165, 1.54) is 0 Å². The number of halogens is 2. The number of carbonyl (C=O) groups excluding carboxylic acids is 1. The molecule has 0 aromatic heterocycles. The molecule has 0 spiro atoms. The maximum absolute atomic E-state index is 12.3. The first-order valence-corrected chi connectivity index (χ1v) is 9.70. The van der Waals surface area contributed by atoms with E-state index in [4.69, 9.17) is 27.9 Å². The Morgan fingerprint density at radius 2 is 2.09 bits per heavy atom. The average Bonchev–Trinajstić information content (AvgIpc) is 3.10. The van der Waals surface area contributed by atoms with Crippen molar-refractivity contribution >= 4 is 40.9 Å². The molecule has 0 radical (unpaired) electrons. The van der Waals surface area contributed by atoms with Crippen molar-refractivity contribution in [2.24, 2.45) is 0 Å². The second-order valence-corrected chi connectivity index (χ2v) is 7.70. The molecule has 3 rings (SSSR count). The zero-order chi connectivity index (χ0) is 16.2. The summed E-state index contributed by atoms with van der Waals surface area (Å²) in [5, 5.41) is 4.35. The number of hydrogen-bond acceptors (Lipinski definition) is 4. The first kappa shape index (κ1) is 17.4. The highest BCUT2D eigenvalue weighted by atomic mass is 35.5. The fourth-order valence-corrected chi connectivity index (χ4v) is 4.11. The molecule has 0 saturated carbocycles. The lowest BCUT2D eigenvalue weighted by molar-refractivity contribution is -0.135. The van der Waals surface area contributed by atoms with Gasteiger partial charge >= 0.3 is 0 Å². The highest BCUT2D eigenvalue weighted by Crippen LogP contribution is 2.24. The van der Waals surface area contributed by atoms with Gasteiger partial charge in [-0.2, -0.15) is 0 Å². The van der Waals surface area contributed by atoms with Gasteiger partial charge in [-0.15, -0.1) is 11.8 Å². The van der Waals surface area contributed by atoms with E-state index < -0.39 is 0 Å². The normalized spacial score (nSPS) is 22.5. The Morgan fingerprint density at radius 3 is 2.74 bits per heavy atom. The number of ether oxygens (including phenoxy) is 1. The van der Waals surface area contributed by atoms with Crippen molar-refractivity contribution in [2.75, 3.05) is 24.7 Å². The molecular weight excluding hydrogens is 355 g/mol. The van der Waals surface area contributed by atoms with E-state index in [9.17, 15) is 4.79 Å². The van der Waals surface area contributed by atoms with Gasteiger partial charge in [-0.1, -0.05) is 29.3 Å². The van der Waals surface area contributed by atoms with Gasteiger partial charge in [0.05, 0.1) is 28.8 Å². The first-order chi connectivity index (χ1) is 11.1. The third-order valence-corrected chi connectivity index (χ3v) is 5.92. The topological polar surface area (TPSA) is 41.6 Å². The molecule has 2 fully saturated rings. The van der Waals surface area contributed by atoms with E-state index in [0.29, 0.717) is 16.7 Å². The number of likely N-dealkylation sites (tertiary alicyclic amines) is 1. The Bertz CT molecular complexity index is 559. The van der Waals surface area contributed by atoms with Crippen LogP contribution >= 0.6 is 35.0 Å². The van der Waals surface area contributed by atoms with Gasteiger partial charge in [0, 0.05) is 24.7 Å². The Morgan fingerprint density at radius 1 is 1.30 bits per heavy atom. The molecule has 7 heteroatoms. The minimum atomic E-state index is -0.00585. The van der Waals surface area contributed by atoms with E-state index in [1.54, 1.807) is 17.8 Å². The summed E-state index contributed by atoms with van der Waals surface area (Å²) in [5.74, 6) is 1.99. The third kappa shape index (κ3) is 4.54. The number of thioether (sulfide) groups is 1. The molecule has 2 aliphatic heterocycles. The van der Waals surface area contributed by atoms with Crippen LogP contribution in [0.25, 0.3) is 0 Å². The monoisotopic (exact) mass is 374 g/mol. The Hall–Kier alpha value is -0.460. The van der Waals surface area contributed by atoms with Crippen molar-refractivity contribution in [3.8, 4) is 0 Å². The van der Waals surface area contributed by atoms with Crippen LogP contribution < -0.4 is 5.32 Å². The second-order valence-electron chi connectivity index (χ2n) is 5.86. The van der Waals surface area contributed by atoms with Crippen LogP contribution in [0.3, 0.4) is 0 Å². The molecule has 23 heavy (non-hydrogen) atoms. The van der Waals surface area contributed by atoms with Crippen LogP contribution in [-0.2, 0) is 16.1 Å². The predicted molar refractivity (Wildman–Crippen MR) is 95.1 cm³/mol. The largest absolute Gasteiger partial charge is 0.373 e. The molecule has 126 valence electrons. The van der Waals surface area contributed by atoms with E-state index in [-0.39, 0.29) is 18.1 Å². The Labute approximate surface area is 150 Å². The average molecular weight is 375 g/mol. The number of amides is 1. The fourth-order valence-electron chi connectivity index (χ4n) is 2.86. The molecule has 1 atom stereocenters. The molecule has 0 bridgehead atoms. The summed E-state index contributed by atoms with van der Waals surface area (Å²) < 4.78 is 5.96. The molecule has 2 aliphatic rings. The van der Waals surface area contributed by atoms with Gasteiger partial charge in [-0.3, -0.25) is 10.1 Å². The van der Waals surface area contributed by atoms with Crippen LogP contribution in [0.1, 0.15) is 18.4 Å². The van der Waals surface area contributed by atoms with Crippen LogP contribution in [-0.4, -0.2) is 47.7 Å².